The van der Waals surface area contributed by atoms with Crippen molar-refractivity contribution in [3.8, 4) is 0 Å². The number of halogens is 1. The first-order valence-corrected chi connectivity index (χ1v) is 9.04. The molecule has 3 rings (SSSR count). The maximum Gasteiger partial charge on any atom is 0.191 e. The maximum atomic E-state index is 4.41. The molecule has 1 heterocycles. The van der Waals surface area contributed by atoms with Crippen molar-refractivity contribution in [1.29, 1.82) is 0 Å². The molecular weight excluding hydrogens is 364 g/mol. The molecule has 0 amide bonds. The molecule has 0 bridgehead atoms. The molecule has 1 aliphatic carbocycles. The van der Waals surface area contributed by atoms with Crippen molar-refractivity contribution in [2.45, 2.75) is 31.7 Å². The number of rotatable bonds is 5. The minimum Gasteiger partial charge on any atom is -0.356 e. The van der Waals surface area contributed by atoms with Gasteiger partial charge in [0.1, 0.15) is 0 Å². The molecule has 1 aromatic heterocycles. The fourth-order valence-electron chi connectivity index (χ4n) is 2.93. The molecule has 0 radical (unpaired) electrons. The van der Waals surface area contributed by atoms with E-state index >= 15 is 0 Å². The molecule has 0 unspecified atom stereocenters. The Morgan fingerprint density at radius 2 is 2.00 bits per heavy atom. The summed E-state index contributed by atoms with van der Waals surface area (Å²) in [7, 11) is 1.80. The van der Waals surface area contributed by atoms with Gasteiger partial charge < -0.3 is 10.6 Å². The molecule has 1 aromatic carbocycles. The zero-order chi connectivity index (χ0) is 17.0. The third-order valence-electron chi connectivity index (χ3n) is 4.66. The SMILES string of the molecule is CN=C(NCc1ncccc1C)NCC1(c2ccccc2Br)CC1. The van der Waals surface area contributed by atoms with Crippen LogP contribution in [0.1, 0.15) is 29.7 Å². The van der Waals surface area contributed by atoms with Crippen LogP contribution in [0.2, 0.25) is 0 Å². The van der Waals surface area contributed by atoms with E-state index in [1.807, 2.05) is 12.3 Å². The Morgan fingerprint density at radius 3 is 2.67 bits per heavy atom. The van der Waals surface area contributed by atoms with Gasteiger partial charge in [0.15, 0.2) is 5.96 Å². The molecule has 0 saturated heterocycles. The molecule has 126 valence electrons. The van der Waals surface area contributed by atoms with E-state index in [0.29, 0.717) is 6.54 Å². The quantitative estimate of drug-likeness (QED) is 0.610. The smallest absolute Gasteiger partial charge is 0.191 e. The van der Waals surface area contributed by atoms with Crippen molar-refractivity contribution in [3.05, 3.63) is 63.9 Å². The number of nitrogens with one attached hydrogen (secondary N) is 2. The monoisotopic (exact) mass is 386 g/mol. The zero-order valence-corrected chi connectivity index (χ0v) is 15.7. The minimum absolute atomic E-state index is 0.221. The Hall–Kier alpha value is -1.88. The molecule has 0 atom stereocenters. The van der Waals surface area contributed by atoms with Crippen LogP contribution in [0.15, 0.2) is 52.1 Å². The first-order valence-electron chi connectivity index (χ1n) is 8.25. The van der Waals surface area contributed by atoms with Gasteiger partial charge in [-0.3, -0.25) is 9.98 Å². The number of benzene rings is 1. The molecular formula is C19H23BrN4. The van der Waals surface area contributed by atoms with Crippen LogP contribution < -0.4 is 10.6 Å². The van der Waals surface area contributed by atoms with Gasteiger partial charge >= 0.3 is 0 Å². The van der Waals surface area contributed by atoms with Crippen LogP contribution in [0.3, 0.4) is 0 Å². The van der Waals surface area contributed by atoms with Crippen LogP contribution in [-0.4, -0.2) is 24.5 Å². The van der Waals surface area contributed by atoms with Gasteiger partial charge in [-0.2, -0.15) is 0 Å². The van der Waals surface area contributed by atoms with Gasteiger partial charge in [0.25, 0.3) is 0 Å². The molecule has 5 heteroatoms. The van der Waals surface area contributed by atoms with Crippen LogP contribution >= 0.6 is 15.9 Å². The van der Waals surface area contributed by atoms with Crippen molar-refractivity contribution in [1.82, 2.24) is 15.6 Å². The van der Waals surface area contributed by atoms with Crippen LogP contribution in [-0.2, 0) is 12.0 Å². The topological polar surface area (TPSA) is 49.3 Å². The number of nitrogens with zero attached hydrogens (tertiary/aromatic N) is 2. The van der Waals surface area contributed by atoms with E-state index in [1.165, 1.54) is 28.4 Å². The second-order valence-electron chi connectivity index (χ2n) is 6.31. The Bertz CT molecular complexity index is 738. The molecule has 24 heavy (non-hydrogen) atoms. The third-order valence-corrected chi connectivity index (χ3v) is 5.35. The molecule has 1 aliphatic rings. The first-order chi connectivity index (χ1) is 11.6. The summed E-state index contributed by atoms with van der Waals surface area (Å²) < 4.78 is 1.19. The van der Waals surface area contributed by atoms with Gasteiger partial charge in [-0.25, -0.2) is 0 Å². The van der Waals surface area contributed by atoms with E-state index in [1.54, 1.807) is 7.05 Å². The first kappa shape index (κ1) is 17.0. The van der Waals surface area contributed by atoms with Crippen LogP contribution in [0, 0.1) is 6.92 Å². The van der Waals surface area contributed by atoms with E-state index in [4.69, 9.17) is 0 Å². The van der Waals surface area contributed by atoms with Gasteiger partial charge in [0.2, 0.25) is 0 Å². The van der Waals surface area contributed by atoms with Crippen molar-refractivity contribution in [3.63, 3.8) is 0 Å². The lowest BCUT2D eigenvalue weighted by atomic mass is 9.96. The summed E-state index contributed by atoms with van der Waals surface area (Å²) in [6.07, 6.45) is 4.24. The number of hydrogen-bond donors (Lipinski definition) is 2. The van der Waals surface area contributed by atoms with Crippen LogP contribution in [0.25, 0.3) is 0 Å². The summed E-state index contributed by atoms with van der Waals surface area (Å²) in [6, 6.07) is 12.5. The number of guanidine groups is 1. The van der Waals surface area contributed by atoms with E-state index in [9.17, 15) is 0 Å². The maximum absolute atomic E-state index is 4.41. The molecule has 1 fully saturated rings. The number of aliphatic imine (C=N–C) groups is 1. The molecule has 0 aliphatic heterocycles. The number of aryl methyl sites for hydroxylation is 1. The average Bonchev–Trinajstić information content (AvgIpc) is 3.38. The van der Waals surface area contributed by atoms with E-state index in [0.717, 1.165) is 18.2 Å². The zero-order valence-electron chi connectivity index (χ0n) is 14.1. The fraction of sp³-hybridized carbons (Fsp3) is 0.368. The molecule has 0 spiro atoms. The highest BCUT2D eigenvalue weighted by Crippen LogP contribution is 2.49. The summed E-state index contributed by atoms with van der Waals surface area (Å²) in [5.74, 6) is 0.818. The third kappa shape index (κ3) is 3.78. The van der Waals surface area contributed by atoms with Gasteiger partial charge in [-0.1, -0.05) is 40.2 Å². The summed E-state index contributed by atoms with van der Waals surface area (Å²) >= 11 is 3.68. The molecule has 4 nitrogen and oxygen atoms in total. The lowest BCUT2D eigenvalue weighted by Gasteiger charge is -2.20. The number of hydrogen-bond acceptors (Lipinski definition) is 2. The molecule has 1 saturated carbocycles. The second-order valence-corrected chi connectivity index (χ2v) is 7.16. The van der Waals surface area contributed by atoms with Gasteiger partial charge in [0.05, 0.1) is 12.2 Å². The summed E-state index contributed by atoms with van der Waals surface area (Å²) in [4.78, 5) is 8.75. The van der Waals surface area contributed by atoms with Crippen molar-refractivity contribution in [2.75, 3.05) is 13.6 Å². The predicted octanol–water partition coefficient (Wildman–Crippen LogP) is 3.55. The largest absolute Gasteiger partial charge is 0.356 e. The fourth-order valence-corrected chi connectivity index (χ4v) is 3.63. The summed E-state index contributed by atoms with van der Waals surface area (Å²) in [5, 5.41) is 6.84. The average molecular weight is 387 g/mol. The lowest BCUT2D eigenvalue weighted by molar-refractivity contribution is 0.642. The van der Waals surface area contributed by atoms with Gasteiger partial charge in [-0.05, 0) is 43.0 Å². The highest BCUT2D eigenvalue weighted by atomic mass is 79.9. The Balaban J connectivity index is 1.59. The second kappa shape index (κ2) is 7.34. The predicted molar refractivity (Wildman–Crippen MR) is 102 cm³/mol. The Kier molecular flexibility index (Phi) is 5.19. The number of aromatic nitrogens is 1. The van der Waals surface area contributed by atoms with Crippen molar-refractivity contribution < 1.29 is 0 Å². The molecule has 2 aromatic rings. The van der Waals surface area contributed by atoms with E-state index < -0.39 is 0 Å². The van der Waals surface area contributed by atoms with Gasteiger partial charge in [-0.15, -0.1) is 0 Å². The van der Waals surface area contributed by atoms with Crippen molar-refractivity contribution >= 4 is 21.9 Å². The summed E-state index contributed by atoms with van der Waals surface area (Å²) in [5.41, 5.74) is 3.84. The van der Waals surface area contributed by atoms with Crippen molar-refractivity contribution in [2.24, 2.45) is 4.99 Å². The van der Waals surface area contributed by atoms with Crippen LogP contribution in [0.5, 0.6) is 0 Å². The van der Waals surface area contributed by atoms with Gasteiger partial charge in [0, 0.05) is 29.7 Å². The van der Waals surface area contributed by atoms with E-state index in [-0.39, 0.29) is 5.41 Å². The highest BCUT2D eigenvalue weighted by molar-refractivity contribution is 9.10. The van der Waals surface area contributed by atoms with E-state index in [2.05, 4.69) is 73.8 Å². The Labute approximate surface area is 151 Å². The minimum atomic E-state index is 0.221. The number of pyridine rings is 1. The summed E-state index contributed by atoms with van der Waals surface area (Å²) in [6.45, 7) is 3.64. The normalized spacial score (nSPS) is 15.9. The highest BCUT2D eigenvalue weighted by Gasteiger charge is 2.45. The molecule has 2 N–H and O–H groups in total. The standard InChI is InChI=1S/C19H23BrN4/c1-14-6-5-11-22-17(14)12-23-18(21-2)24-13-19(9-10-19)15-7-3-4-8-16(15)20/h3-8,11H,9-10,12-13H2,1-2H3,(H2,21,23,24). The van der Waals surface area contributed by atoms with Crippen LogP contribution in [0.4, 0.5) is 0 Å². The lowest BCUT2D eigenvalue weighted by Crippen LogP contribution is -2.41. The Morgan fingerprint density at radius 1 is 1.21 bits per heavy atom.